The molecule has 1 saturated heterocycles. The highest BCUT2D eigenvalue weighted by Crippen LogP contribution is 2.24. The molecule has 0 bridgehead atoms. The second-order valence-corrected chi connectivity index (χ2v) is 5.26. The lowest BCUT2D eigenvalue weighted by atomic mass is 9.96. The molecule has 1 heterocycles. The summed E-state index contributed by atoms with van der Waals surface area (Å²) in [7, 11) is 0. The molecular formula is C13H24N2O2. The molecule has 0 radical (unpaired) electrons. The first-order chi connectivity index (χ1) is 7.85. The SMILES string of the molecule is CCC(C)N1C(=O)C(C)(CC)NC(=O)CC1C. The maximum Gasteiger partial charge on any atom is 0.248 e. The number of amides is 2. The first kappa shape index (κ1) is 14.0. The van der Waals surface area contributed by atoms with Crippen LogP contribution in [0.25, 0.3) is 0 Å². The standard InChI is InChI=1S/C13H24N2O2/c1-6-9(3)15-10(4)8-11(16)14-13(5,7-2)12(15)17/h9-10H,6-8H2,1-5H3,(H,14,16). The van der Waals surface area contributed by atoms with Crippen molar-refractivity contribution in [3.05, 3.63) is 0 Å². The molecule has 0 aromatic heterocycles. The molecule has 1 aliphatic rings. The molecule has 1 rings (SSSR count). The van der Waals surface area contributed by atoms with E-state index in [4.69, 9.17) is 0 Å². The van der Waals surface area contributed by atoms with Gasteiger partial charge in [-0.2, -0.15) is 0 Å². The van der Waals surface area contributed by atoms with Gasteiger partial charge in [0.2, 0.25) is 11.8 Å². The van der Waals surface area contributed by atoms with Crippen LogP contribution in [0, 0.1) is 0 Å². The summed E-state index contributed by atoms with van der Waals surface area (Å²) in [5.41, 5.74) is -0.745. The van der Waals surface area contributed by atoms with E-state index in [9.17, 15) is 9.59 Å². The molecule has 4 heteroatoms. The summed E-state index contributed by atoms with van der Waals surface area (Å²) in [4.78, 5) is 26.2. The first-order valence-electron chi connectivity index (χ1n) is 6.49. The fourth-order valence-corrected chi connectivity index (χ4v) is 2.33. The van der Waals surface area contributed by atoms with Gasteiger partial charge >= 0.3 is 0 Å². The summed E-state index contributed by atoms with van der Waals surface area (Å²) in [5, 5.41) is 2.86. The van der Waals surface area contributed by atoms with Crippen molar-refractivity contribution in [2.24, 2.45) is 0 Å². The Labute approximate surface area is 104 Å². The number of nitrogens with zero attached hydrogens (tertiary/aromatic N) is 1. The van der Waals surface area contributed by atoms with E-state index in [1.165, 1.54) is 0 Å². The summed E-state index contributed by atoms with van der Waals surface area (Å²) in [6.45, 7) is 9.81. The Bertz CT molecular complexity index is 317. The molecule has 1 aliphatic heterocycles. The third kappa shape index (κ3) is 2.61. The van der Waals surface area contributed by atoms with E-state index in [2.05, 4.69) is 12.2 Å². The Morgan fingerprint density at radius 1 is 1.47 bits per heavy atom. The van der Waals surface area contributed by atoms with Crippen molar-refractivity contribution in [2.75, 3.05) is 0 Å². The van der Waals surface area contributed by atoms with Crippen LogP contribution >= 0.6 is 0 Å². The zero-order valence-corrected chi connectivity index (χ0v) is 11.5. The minimum absolute atomic E-state index is 0.0224. The van der Waals surface area contributed by atoms with Crippen LogP contribution in [0.3, 0.4) is 0 Å². The van der Waals surface area contributed by atoms with E-state index in [1.807, 2.05) is 32.6 Å². The quantitative estimate of drug-likeness (QED) is 0.816. The molecule has 4 nitrogen and oxygen atoms in total. The van der Waals surface area contributed by atoms with E-state index < -0.39 is 5.54 Å². The van der Waals surface area contributed by atoms with Crippen LogP contribution in [0.5, 0.6) is 0 Å². The van der Waals surface area contributed by atoms with E-state index in [-0.39, 0.29) is 23.9 Å². The highest BCUT2D eigenvalue weighted by molar-refractivity contribution is 5.93. The van der Waals surface area contributed by atoms with Crippen LogP contribution in [0.4, 0.5) is 0 Å². The molecule has 0 spiro atoms. The van der Waals surface area contributed by atoms with Gasteiger partial charge in [0.15, 0.2) is 0 Å². The molecule has 3 unspecified atom stereocenters. The topological polar surface area (TPSA) is 49.4 Å². The van der Waals surface area contributed by atoms with Crippen LogP contribution in [0.2, 0.25) is 0 Å². The third-order valence-electron chi connectivity index (χ3n) is 3.85. The molecule has 98 valence electrons. The summed E-state index contributed by atoms with van der Waals surface area (Å²) in [5.74, 6) is 0.0219. The third-order valence-corrected chi connectivity index (χ3v) is 3.85. The van der Waals surface area contributed by atoms with Crippen LogP contribution in [-0.2, 0) is 9.59 Å². The molecule has 2 amide bonds. The molecule has 0 aliphatic carbocycles. The largest absolute Gasteiger partial charge is 0.342 e. The summed E-state index contributed by atoms with van der Waals surface area (Å²) in [6.07, 6.45) is 1.92. The van der Waals surface area contributed by atoms with Gasteiger partial charge in [0.25, 0.3) is 0 Å². The zero-order chi connectivity index (χ0) is 13.2. The number of nitrogens with one attached hydrogen (secondary N) is 1. The van der Waals surface area contributed by atoms with Crippen molar-refractivity contribution in [1.82, 2.24) is 10.2 Å². The van der Waals surface area contributed by atoms with Crippen molar-refractivity contribution in [3.63, 3.8) is 0 Å². The van der Waals surface area contributed by atoms with E-state index in [1.54, 1.807) is 0 Å². The molecular weight excluding hydrogens is 216 g/mol. The predicted octanol–water partition coefficient (Wildman–Crippen LogP) is 1.69. The van der Waals surface area contributed by atoms with E-state index in [0.29, 0.717) is 12.8 Å². The molecule has 0 aromatic carbocycles. The Balaban J connectivity index is 3.10. The fraction of sp³-hybridized carbons (Fsp3) is 0.846. The second-order valence-electron chi connectivity index (χ2n) is 5.26. The second kappa shape index (κ2) is 5.07. The Hall–Kier alpha value is -1.06. The van der Waals surface area contributed by atoms with Crippen LogP contribution in [0.15, 0.2) is 0 Å². The molecule has 1 fully saturated rings. The summed E-state index contributed by atoms with van der Waals surface area (Å²) < 4.78 is 0. The van der Waals surface area contributed by atoms with Gasteiger partial charge in [-0.25, -0.2) is 0 Å². The van der Waals surface area contributed by atoms with Crippen molar-refractivity contribution in [3.8, 4) is 0 Å². The zero-order valence-electron chi connectivity index (χ0n) is 11.5. The normalized spacial score (nSPS) is 32.1. The maximum atomic E-state index is 12.6. The van der Waals surface area contributed by atoms with E-state index in [0.717, 1.165) is 6.42 Å². The number of carbonyl (C=O) groups excluding carboxylic acids is 2. The lowest BCUT2D eigenvalue weighted by Crippen LogP contribution is -2.57. The average molecular weight is 240 g/mol. The van der Waals surface area contributed by atoms with Crippen molar-refractivity contribution < 1.29 is 9.59 Å². The molecule has 0 saturated carbocycles. The number of hydrogen-bond donors (Lipinski definition) is 1. The van der Waals surface area contributed by atoms with Gasteiger partial charge in [0.05, 0.1) is 0 Å². The Morgan fingerprint density at radius 3 is 2.53 bits per heavy atom. The highest BCUT2D eigenvalue weighted by atomic mass is 16.2. The lowest BCUT2D eigenvalue weighted by Gasteiger charge is -2.37. The van der Waals surface area contributed by atoms with Crippen molar-refractivity contribution in [1.29, 1.82) is 0 Å². The highest BCUT2D eigenvalue weighted by Gasteiger charge is 2.42. The van der Waals surface area contributed by atoms with Crippen LogP contribution < -0.4 is 5.32 Å². The lowest BCUT2D eigenvalue weighted by molar-refractivity contribution is -0.141. The van der Waals surface area contributed by atoms with Crippen LogP contribution in [0.1, 0.15) is 53.9 Å². The van der Waals surface area contributed by atoms with Gasteiger partial charge in [-0.1, -0.05) is 13.8 Å². The summed E-state index contributed by atoms with van der Waals surface area (Å²) >= 11 is 0. The van der Waals surface area contributed by atoms with E-state index >= 15 is 0 Å². The average Bonchev–Trinajstić information content (AvgIpc) is 2.35. The van der Waals surface area contributed by atoms with Gasteiger partial charge in [-0.15, -0.1) is 0 Å². The van der Waals surface area contributed by atoms with Gasteiger partial charge in [-0.3, -0.25) is 9.59 Å². The molecule has 3 atom stereocenters. The van der Waals surface area contributed by atoms with Gasteiger partial charge < -0.3 is 10.2 Å². The number of rotatable bonds is 3. The first-order valence-corrected chi connectivity index (χ1v) is 6.49. The minimum atomic E-state index is -0.745. The Kier molecular flexibility index (Phi) is 4.17. The smallest absolute Gasteiger partial charge is 0.248 e. The van der Waals surface area contributed by atoms with Gasteiger partial charge in [-0.05, 0) is 33.6 Å². The number of carbonyl (C=O) groups is 2. The minimum Gasteiger partial charge on any atom is -0.342 e. The van der Waals surface area contributed by atoms with Gasteiger partial charge in [0.1, 0.15) is 5.54 Å². The molecule has 1 N–H and O–H groups in total. The van der Waals surface area contributed by atoms with Gasteiger partial charge in [0, 0.05) is 18.5 Å². The molecule has 0 aromatic rings. The van der Waals surface area contributed by atoms with Crippen LogP contribution in [-0.4, -0.2) is 34.3 Å². The maximum absolute atomic E-state index is 12.6. The Morgan fingerprint density at radius 2 is 2.06 bits per heavy atom. The monoisotopic (exact) mass is 240 g/mol. The fourth-order valence-electron chi connectivity index (χ4n) is 2.33. The number of hydrogen-bond acceptors (Lipinski definition) is 2. The van der Waals surface area contributed by atoms with Crippen molar-refractivity contribution in [2.45, 2.75) is 71.5 Å². The predicted molar refractivity (Wildman–Crippen MR) is 67.5 cm³/mol. The van der Waals surface area contributed by atoms with Crippen molar-refractivity contribution >= 4 is 11.8 Å². The molecule has 17 heavy (non-hydrogen) atoms. The summed E-state index contributed by atoms with van der Waals surface area (Å²) in [6, 6.07) is 0.155.